The third kappa shape index (κ3) is 2.72. The van der Waals surface area contributed by atoms with E-state index >= 15 is 0 Å². The molecule has 0 unspecified atom stereocenters. The van der Waals surface area contributed by atoms with Crippen LogP contribution in [-0.2, 0) is 16.8 Å². The average Bonchev–Trinajstić information content (AvgIpc) is 3.10. The highest BCUT2D eigenvalue weighted by atomic mass is 35.5. The van der Waals surface area contributed by atoms with Crippen LogP contribution in [-0.4, -0.2) is 30.0 Å². The monoisotopic (exact) mass is 390 g/mol. The lowest BCUT2D eigenvalue weighted by Gasteiger charge is -2.22. The number of carbonyl (C=O) groups is 2. The topological polar surface area (TPSA) is 58.6 Å². The van der Waals surface area contributed by atoms with Gasteiger partial charge in [-0.2, -0.15) is 0 Å². The zero-order chi connectivity index (χ0) is 18.3. The molecule has 0 saturated carbocycles. The summed E-state index contributed by atoms with van der Waals surface area (Å²) >= 11 is 11.9. The van der Waals surface area contributed by atoms with Gasteiger partial charge in [0.2, 0.25) is 0 Å². The highest BCUT2D eigenvalue weighted by molar-refractivity contribution is 6.35. The van der Waals surface area contributed by atoms with Crippen LogP contribution in [0.3, 0.4) is 0 Å². The molecule has 5 nitrogen and oxygen atoms in total. The van der Waals surface area contributed by atoms with Crippen molar-refractivity contribution >= 4 is 35.1 Å². The first-order valence-electron chi connectivity index (χ1n) is 8.31. The number of aryl methyl sites for hydroxylation is 1. The van der Waals surface area contributed by atoms with Crippen LogP contribution in [0.25, 0.3) is 0 Å². The maximum atomic E-state index is 13.0. The number of urea groups is 1. The lowest BCUT2D eigenvalue weighted by atomic mass is 9.92. The highest BCUT2D eigenvalue weighted by Gasteiger charge is 2.55. The Morgan fingerprint density at radius 2 is 1.96 bits per heavy atom. The quantitative estimate of drug-likeness (QED) is 0.808. The van der Waals surface area contributed by atoms with Gasteiger partial charge < -0.3 is 10.1 Å². The van der Waals surface area contributed by atoms with Crippen molar-refractivity contribution in [2.75, 3.05) is 13.2 Å². The van der Waals surface area contributed by atoms with Crippen molar-refractivity contribution in [3.05, 3.63) is 63.6 Å². The summed E-state index contributed by atoms with van der Waals surface area (Å²) in [5, 5.41) is 3.79. The smallest absolute Gasteiger partial charge is 0.325 e. The average molecular weight is 391 g/mol. The van der Waals surface area contributed by atoms with Gasteiger partial charge in [0.15, 0.2) is 0 Å². The number of halogens is 2. The van der Waals surface area contributed by atoms with Crippen LogP contribution in [0.4, 0.5) is 4.79 Å². The summed E-state index contributed by atoms with van der Waals surface area (Å²) in [6, 6.07) is 12.3. The minimum atomic E-state index is -0.939. The zero-order valence-corrected chi connectivity index (χ0v) is 15.3. The Morgan fingerprint density at radius 1 is 1.15 bits per heavy atom. The molecular weight excluding hydrogens is 375 g/mol. The first kappa shape index (κ1) is 17.2. The number of benzene rings is 2. The van der Waals surface area contributed by atoms with Crippen LogP contribution in [0.15, 0.2) is 42.5 Å². The number of nitrogens with zero attached hydrogens (tertiary/aromatic N) is 1. The van der Waals surface area contributed by atoms with E-state index in [1.807, 2.05) is 24.3 Å². The fourth-order valence-electron chi connectivity index (χ4n) is 3.63. The predicted octanol–water partition coefficient (Wildman–Crippen LogP) is 3.77. The van der Waals surface area contributed by atoms with E-state index in [-0.39, 0.29) is 19.1 Å². The van der Waals surface area contributed by atoms with Gasteiger partial charge in [-0.3, -0.25) is 9.69 Å². The second-order valence-corrected chi connectivity index (χ2v) is 7.22. The first-order valence-corrected chi connectivity index (χ1v) is 9.07. The van der Waals surface area contributed by atoms with E-state index < -0.39 is 11.6 Å². The zero-order valence-electron chi connectivity index (χ0n) is 13.8. The third-order valence-electron chi connectivity index (χ3n) is 4.89. The highest BCUT2D eigenvalue weighted by Crippen LogP contribution is 2.41. The molecule has 1 saturated heterocycles. The molecule has 26 heavy (non-hydrogen) atoms. The maximum absolute atomic E-state index is 13.0. The second-order valence-electron chi connectivity index (χ2n) is 6.37. The van der Waals surface area contributed by atoms with Crippen molar-refractivity contribution in [2.24, 2.45) is 0 Å². The molecule has 1 fully saturated rings. The van der Waals surface area contributed by atoms with Gasteiger partial charge in [-0.05, 0) is 42.2 Å². The normalized spacial score (nSPS) is 21.2. The van der Waals surface area contributed by atoms with Crippen molar-refractivity contribution in [1.29, 1.82) is 0 Å². The Labute approximate surface area is 160 Å². The molecule has 3 amide bonds. The fraction of sp³-hybridized carbons (Fsp3) is 0.263. The molecule has 4 rings (SSSR count). The van der Waals surface area contributed by atoms with Crippen molar-refractivity contribution in [3.63, 3.8) is 0 Å². The van der Waals surface area contributed by atoms with Crippen LogP contribution in [0.2, 0.25) is 10.0 Å². The minimum Gasteiger partial charge on any atom is -0.490 e. The number of amides is 3. The molecule has 7 heteroatoms. The summed E-state index contributed by atoms with van der Waals surface area (Å²) in [4.78, 5) is 26.6. The summed E-state index contributed by atoms with van der Waals surface area (Å²) in [5.41, 5.74) is 1.06. The van der Waals surface area contributed by atoms with Gasteiger partial charge in [-0.25, -0.2) is 4.79 Å². The predicted molar refractivity (Wildman–Crippen MR) is 98.6 cm³/mol. The van der Waals surface area contributed by atoms with Gasteiger partial charge >= 0.3 is 6.03 Å². The largest absolute Gasteiger partial charge is 0.490 e. The summed E-state index contributed by atoms with van der Waals surface area (Å²) in [6.45, 7) is 0.297. The van der Waals surface area contributed by atoms with Crippen LogP contribution in [0, 0.1) is 0 Å². The fourth-order valence-corrected chi connectivity index (χ4v) is 4.09. The Balaban J connectivity index is 1.47. The maximum Gasteiger partial charge on any atom is 0.325 e. The molecule has 1 aliphatic carbocycles. The number of nitrogens with one attached hydrogen (secondary N) is 1. The van der Waals surface area contributed by atoms with Gasteiger partial charge in [0.1, 0.15) is 17.9 Å². The summed E-state index contributed by atoms with van der Waals surface area (Å²) in [6.07, 6.45) is 1.35. The van der Waals surface area contributed by atoms with Gasteiger partial charge in [-0.1, -0.05) is 47.5 Å². The lowest BCUT2D eigenvalue weighted by molar-refractivity contribution is -0.131. The Hall–Kier alpha value is -2.24. The molecule has 0 aromatic heterocycles. The molecule has 0 bridgehead atoms. The Morgan fingerprint density at radius 3 is 2.77 bits per heavy atom. The number of rotatable bonds is 4. The van der Waals surface area contributed by atoms with Gasteiger partial charge in [0.05, 0.1) is 11.6 Å². The molecule has 1 spiro atoms. The van der Waals surface area contributed by atoms with E-state index in [9.17, 15) is 9.59 Å². The molecule has 1 N–H and O–H groups in total. The minimum absolute atomic E-state index is 0.146. The van der Waals surface area contributed by atoms with E-state index in [4.69, 9.17) is 27.9 Å². The number of hydrogen-bond donors (Lipinski definition) is 1. The first-order chi connectivity index (χ1) is 12.5. The van der Waals surface area contributed by atoms with Crippen LogP contribution in [0.1, 0.15) is 17.5 Å². The Bertz CT molecular complexity index is 902. The number of imide groups is 1. The van der Waals surface area contributed by atoms with Gasteiger partial charge in [0.25, 0.3) is 5.91 Å². The van der Waals surface area contributed by atoms with Crippen molar-refractivity contribution in [1.82, 2.24) is 10.2 Å². The summed E-state index contributed by atoms with van der Waals surface area (Å²) < 4.78 is 5.61. The van der Waals surface area contributed by atoms with Crippen molar-refractivity contribution < 1.29 is 14.3 Å². The lowest BCUT2D eigenvalue weighted by Crippen LogP contribution is -2.42. The number of carbonyl (C=O) groups excluding carboxylic acids is 2. The van der Waals surface area contributed by atoms with Crippen LogP contribution in [0.5, 0.6) is 5.75 Å². The second kappa shape index (κ2) is 6.49. The number of ether oxygens (including phenoxy) is 1. The molecular formula is C19H16Cl2N2O3. The van der Waals surface area contributed by atoms with Crippen LogP contribution >= 0.6 is 23.2 Å². The molecule has 2 aromatic rings. The molecule has 134 valence electrons. The summed E-state index contributed by atoms with van der Waals surface area (Å²) in [7, 11) is 0. The van der Waals surface area contributed by atoms with Crippen molar-refractivity contribution in [3.8, 4) is 5.75 Å². The van der Waals surface area contributed by atoms with Crippen molar-refractivity contribution in [2.45, 2.75) is 18.4 Å². The Kier molecular flexibility index (Phi) is 4.29. The molecule has 0 radical (unpaired) electrons. The third-order valence-corrected chi connectivity index (χ3v) is 5.42. The van der Waals surface area contributed by atoms with E-state index in [1.54, 1.807) is 18.2 Å². The molecule has 1 heterocycles. The summed E-state index contributed by atoms with van der Waals surface area (Å²) in [5.74, 6) is 0.238. The molecule has 2 aliphatic rings. The SMILES string of the molecule is O=C1N[C@]2(CCc3ccccc32)C(=O)N1CCOc1ccc(Cl)cc1Cl. The molecule has 1 atom stereocenters. The van der Waals surface area contributed by atoms with E-state index in [1.165, 1.54) is 4.90 Å². The van der Waals surface area contributed by atoms with E-state index in [0.29, 0.717) is 22.2 Å². The van der Waals surface area contributed by atoms with Gasteiger partial charge in [0, 0.05) is 5.02 Å². The number of hydrogen-bond acceptors (Lipinski definition) is 3. The molecule has 2 aromatic carbocycles. The number of fused-ring (bicyclic) bond motifs is 2. The van der Waals surface area contributed by atoms with E-state index in [2.05, 4.69) is 5.32 Å². The molecule has 1 aliphatic heterocycles. The van der Waals surface area contributed by atoms with Crippen LogP contribution < -0.4 is 10.1 Å². The standard InChI is InChI=1S/C19H16Cl2N2O3/c20-13-5-6-16(15(21)11-13)26-10-9-23-17(24)19(22-18(23)25)8-7-12-3-1-2-4-14(12)19/h1-6,11H,7-10H2,(H,22,25)/t19-/m0/s1. The van der Waals surface area contributed by atoms with Gasteiger partial charge in [-0.15, -0.1) is 0 Å². The van der Waals surface area contributed by atoms with E-state index in [0.717, 1.165) is 17.5 Å².